The van der Waals surface area contributed by atoms with Gasteiger partial charge in [-0.15, -0.1) is 0 Å². The van der Waals surface area contributed by atoms with E-state index in [1.807, 2.05) is 29.2 Å². The van der Waals surface area contributed by atoms with Crippen LogP contribution in [0.2, 0.25) is 5.02 Å². The second-order valence-electron chi connectivity index (χ2n) is 18.9. The monoisotopic (exact) mass is 1020 g/mol. The number of methoxy groups -OCH3 is 2. The maximum absolute atomic E-state index is 18.2. The van der Waals surface area contributed by atoms with Crippen molar-refractivity contribution in [2.45, 2.75) is 76.3 Å². The van der Waals surface area contributed by atoms with Gasteiger partial charge in [0.15, 0.2) is 11.6 Å². The lowest BCUT2D eigenvalue weighted by molar-refractivity contribution is -0.137. The standard InChI is InChI=1S/C51H49ClF6N8O6/c1-28-19-35(64(20-30-8-12-32(69-3)13-9-30)21-31-10-14-33(70-4)15-11-31)62-42(39(28)51(56,57)58)37-40(52)43-38-44(41(37)53)72-36(71-26-49-16-6-18-65(49)25-48(23-49)24-50(48,54)55)22-66(46(38)61-27-60-43)29(2)34-7-5-17-59-45(34)63-47(67)68/h5,7-15,17,19,22,29,60H,6,16,18,20-21,23-27H2,1-4H3,(H,59,63)(H,67,68)/t29?,48-,49+/m1/s1. The first-order chi connectivity index (χ1) is 34.3. The number of nitrogens with one attached hydrogen (secondary N) is 2. The average Bonchev–Trinajstić information content (AvgIpc) is 3.53. The molecule has 21 heteroatoms. The zero-order valence-corrected chi connectivity index (χ0v) is 40.2. The van der Waals surface area contributed by atoms with Gasteiger partial charge in [-0.1, -0.05) is 41.9 Å². The Bertz CT molecular complexity index is 2970. The number of ether oxygens (including phenoxy) is 4. The molecule has 4 aliphatic heterocycles. The maximum Gasteiger partial charge on any atom is 0.418 e. The molecule has 0 radical (unpaired) electrons. The first-order valence-electron chi connectivity index (χ1n) is 23.2. The lowest BCUT2D eigenvalue weighted by Crippen LogP contribution is -2.42. The number of benzene rings is 3. The van der Waals surface area contributed by atoms with Crippen molar-refractivity contribution < 1.29 is 55.2 Å². The average molecular weight is 1020 g/mol. The van der Waals surface area contributed by atoms with Gasteiger partial charge in [-0.25, -0.2) is 32.9 Å². The highest BCUT2D eigenvalue weighted by Crippen LogP contribution is 2.69. The molecule has 6 heterocycles. The van der Waals surface area contributed by atoms with Gasteiger partial charge in [0.05, 0.1) is 70.5 Å². The molecule has 2 aromatic heterocycles. The number of anilines is 3. The van der Waals surface area contributed by atoms with Gasteiger partial charge in [-0.2, -0.15) is 13.2 Å². The van der Waals surface area contributed by atoms with E-state index in [9.17, 15) is 18.7 Å². The molecule has 3 aromatic carbocycles. The van der Waals surface area contributed by atoms with Crippen LogP contribution in [0.1, 0.15) is 72.0 Å². The van der Waals surface area contributed by atoms with Crippen LogP contribution in [0.5, 0.6) is 17.2 Å². The molecule has 10 rings (SSSR count). The third kappa shape index (κ3) is 8.71. The Morgan fingerprint density at radius 2 is 1.69 bits per heavy atom. The summed E-state index contributed by atoms with van der Waals surface area (Å²) in [5.41, 5.74) is -3.28. The zero-order chi connectivity index (χ0) is 50.9. The Morgan fingerprint density at radius 3 is 2.31 bits per heavy atom. The molecule has 3 N–H and O–H groups in total. The van der Waals surface area contributed by atoms with E-state index >= 15 is 17.6 Å². The smallest absolute Gasteiger partial charge is 0.418 e. The van der Waals surface area contributed by atoms with E-state index in [2.05, 4.69) is 20.6 Å². The minimum absolute atomic E-state index is 0.0239. The molecule has 5 aliphatic rings. The molecule has 3 atom stereocenters. The van der Waals surface area contributed by atoms with Crippen molar-refractivity contribution in [3.63, 3.8) is 0 Å². The van der Waals surface area contributed by atoms with Crippen LogP contribution >= 0.6 is 11.6 Å². The van der Waals surface area contributed by atoms with Gasteiger partial charge in [0.25, 0.3) is 5.92 Å². The molecule has 1 spiro atoms. The van der Waals surface area contributed by atoms with Crippen LogP contribution in [0.25, 0.3) is 11.3 Å². The van der Waals surface area contributed by atoms with E-state index < -0.39 is 68.6 Å². The van der Waals surface area contributed by atoms with E-state index in [0.717, 1.165) is 17.5 Å². The topological polar surface area (TPSA) is 146 Å². The van der Waals surface area contributed by atoms with Crippen molar-refractivity contribution >= 4 is 40.9 Å². The molecule has 5 aromatic rings. The van der Waals surface area contributed by atoms with Gasteiger partial charge in [0, 0.05) is 37.8 Å². The molecule has 1 unspecified atom stereocenters. The molecule has 1 amide bonds. The van der Waals surface area contributed by atoms with Crippen LogP contribution in [-0.4, -0.2) is 88.8 Å². The minimum atomic E-state index is -5.07. The van der Waals surface area contributed by atoms with Crippen molar-refractivity contribution in [2.75, 3.05) is 56.1 Å². The number of carbonyl (C=O) groups is 1. The normalized spacial score (nSPS) is 21.1. The molecule has 14 nitrogen and oxygen atoms in total. The van der Waals surface area contributed by atoms with Gasteiger partial charge >= 0.3 is 18.2 Å². The van der Waals surface area contributed by atoms with Crippen LogP contribution in [0.4, 0.5) is 48.5 Å². The number of fused-ring (bicyclic) bond motifs is 1. The Balaban J connectivity index is 1.12. The summed E-state index contributed by atoms with van der Waals surface area (Å²) in [6.07, 6.45) is -2.50. The number of hydrogen-bond donors (Lipinski definition) is 3. The Labute approximate surface area is 415 Å². The number of carboxylic acid groups (broad SMARTS) is 1. The highest BCUT2D eigenvalue weighted by atomic mass is 35.5. The maximum atomic E-state index is 18.2. The fourth-order valence-electron chi connectivity index (χ4n) is 10.7. The summed E-state index contributed by atoms with van der Waals surface area (Å²) in [7, 11) is 3.06. The van der Waals surface area contributed by atoms with E-state index in [1.54, 1.807) is 53.1 Å². The van der Waals surface area contributed by atoms with Crippen LogP contribution in [-0.2, 0) is 24.0 Å². The molecule has 378 valence electrons. The van der Waals surface area contributed by atoms with Crippen LogP contribution in [0, 0.1) is 18.2 Å². The number of halogens is 7. The fourth-order valence-corrected chi connectivity index (χ4v) is 11.1. The quantitative estimate of drug-likeness (QED) is 0.0910. The third-order valence-electron chi connectivity index (χ3n) is 14.4. The van der Waals surface area contributed by atoms with Gasteiger partial charge < -0.3 is 39.2 Å². The molecule has 2 saturated heterocycles. The highest BCUT2D eigenvalue weighted by Gasteiger charge is 2.77. The number of amidine groups is 1. The number of alkyl halides is 5. The second-order valence-corrected chi connectivity index (χ2v) is 19.2. The predicted molar refractivity (Wildman–Crippen MR) is 256 cm³/mol. The van der Waals surface area contributed by atoms with E-state index in [0.29, 0.717) is 30.0 Å². The van der Waals surface area contributed by atoms with Gasteiger partial charge in [-0.3, -0.25) is 10.2 Å². The van der Waals surface area contributed by atoms with E-state index in [-0.39, 0.29) is 86.0 Å². The number of amides is 1. The van der Waals surface area contributed by atoms with Crippen molar-refractivity contribution in [1.29, 1.82) is 0 Å². The first-order valence-corrected chi connectivity index (χ1v) is 23.5. The summed E-state index contributed by atoms with van der Waals surface area (Å²) in [6.45, 7) is 3.69. The van der Waals surface area contributed by atoms with E-state index in [1.165, 1.54) is 39.6 Å². The number of aliphatic imine (C=N–C) groups is 1. The van der Waals surface area contributed by atoms with Crippen molar-refractivity contribution in [2.24, 2.45) is 10.4 Å². The molecule has 1 aliphatic carbocycles. The second kappa shape index (κ2) is 18.3. The summed E-state index contributed by atoms with van der Waals surface area (Å²) >= 11 is 7.21. The number of hydrogen-bond acceptors (Lipinski definition) is 12. The number of pyridine rings is 2. The predicted octanol–water partition coefficient (Wildman–Crippen LogP) is 11.2. The van der Waals surface area contributed by atoms with Crippen molar-refractivity contribution in [3.8, 4) is 28.5 Å². The summed E-state index contributed by atoms with van der Waals surface area (Å²) in [6, 6.07) is 18.0. The summed E-state index contributed by atoms with van der Waals surface area (Å²) in [4.78, 5) is 30.8. The third-order valence-corrected chi connectivity index (χ3v) is 14.8. The summed E-state index contributed by atoms with van der Waals surface area (Å²) in [5, 5.41) is 14.6. The minimum Gasteiger partial charge on any atom is -0.497 e. The summed E-state index contributed by atoms with van der Waals surface area (Å²) < 4.78 is 118. The molecule has 3 fully saturated rings. The number of rotatable bonds is 14. The fraction of sp³-hybridized carbons (Fsp3) is 0.373. The molecule has 72 heavy (non-hydrogen) atoms. The lowest BCUT2D eigenvalue weighted by atomic mass is 9.89. The van der Waals surface area contributed by atoms with Crippen molar-refractivity contribution in [3.05, 3.63) is 129 Å². The van der Waals surface area contributed by atoms with Crippen LogP contribution < -0.4 is 29.7 Å². The van der Waals surface area contributed by atoms with Crippen LogP contribution in [0.15, 0.2) is 90.1 Å². The number of aryl methyl sites for hydroxylation is 1. The van der Waals surface area contributed by atoms with E-state index in [4.69, 9.17) is 35.5 Å². The van der Waals surface area contributed by atoms with Gasteiger partial charge in [-0.05, 0) is 92.7 Å². The van der Waals surface area contributed by atoms with Gasteiger partial charge in [0.1, 0.15) is 42.2 Å². The first kappa shape index (κ1) is 48.7. The molecular weight excluding hydrogens is 970 g/mol. The Hall–Kier alpha value is -6.93. The molecule has 0 bridgehead atoms. The Kier molecular flexibility index (Phi) is 12.4. The van der Waals surface area contributed by atoms with Crippen LogP contribution in [0.3, 0.4) is 0 Å². The number of nitrogens with zero attached hydrogens (tertiary/aromatic N) is 6. The van der Waals surface area contributed by atoms with Crippen molar-refractivity contribution in [1.82, 2.24) is 19.8 Å². The SMILES string of the molecule is COc1ccc(CN(Cc2ccc(OC)cc2)c2cc(C)c(C(F)(F)F)c(-c3c(F)c4c5c(c3Cl)NCN=C5N(C(C)c3cccnc3NC(=O)O)C=C(OC[C@@]35CCCN3C[C@]3(CC3(F)F)C5)O4)n2)cc1. The largest absolute Gasteiger partial charge is 0.497 e. The number of aromatic nitrogens is 2. The summed E-state index contributed by atoms with van der Waals surface area (Å²) in [5.74, 6) is -3.81. The molecule has 1 saturated carbocycles. The van der Waals surface area contributed by atoms with Gasteiger partial charge in [0.2, 0.25) is 0 Å². The zero-order valence-electron chi connectivity index (χ0n) is 39.5. The molecular formula is C51H49ClF6N8O6. The Morgan fingerprint density at radius 1 is 1.03 bits per heavy atom. The highest BCUT2D eigenvalue weighted by molar-refractivity contribution is 6.37. The lowest BCUT2D eigenvalue weighted by Gasteiger charge is -2.33.